The Kier molecular flexibility index (Phi) is 5.55. The van der Waals surface area contributed by atoms with Crippen LogP contribution in [0.3, 0.4) is 0 Å². The van der Waals surface area contributed by atoms with Crippen LogP contribution in [-0.2, 0) is 15.6 Å². The lowest BCUT2D eigenvalue weighted by atomic mass is 10.1. The van der Waals surface area contributed by atoms with E-state index in [1.165, 1.54) is 19.2 Å². The maximum Gasteiger partial charge on any atom is 0.325 e. The van der Waals surface area contributed by atoms with Crippen molar-refractivity contribution in [2.45, 2.75) is 13.3 Å². The van der Waals surface area contributed by atoms with Gasteiger partial charge >= 0.3 is 11.4 Å². The number of carbonyl (C=O) groups is 1. The first-order valence-electron chi connectivity index (χ1n) is 4.92. The zero-order valence-corrected chi connectivity index (χ0v) is 12.0. The summed E-state index contributed by atoms with van der Waals surface area (Å²) < 4.78 is 23.8. The molecule has 0 saturated heterocycles. The Balaban J connectivity index is 3.25. The van der Waals surface area contributed by atoms with Gasteiger partial charge in [0.1, 0.15) is 5.69 Å². The Morgan fingerprint density at radius 1 is 1.50 bits per heavy atom. The number of ketones is 1. The van der Waals surface area contributed by atoms with Gasteiger partial charge in [-0.05, 0) is 12.1 Å². The summed E-state index contributed by atoms with van der Waals surface area (Å²) >= 11 is 9.48. The van der Waals surface area contributed by atoms with Crippen LogP contribution >= 0.6 is 23.2 Å². The highest BCUT2D eigenvalue weighted by Crippen LogP contribution is 2.36. The van der Waals surface area contributed by atoms with Crippen LogP contribution in [0, 0.1) is 0 Å². The smallest absolute Gasteiger partial charge is 0.294 e. The molecule has 1 aromatic carbocycles. The number of carbonyl (C=O) groups excluding carboxylic acids is 1. The van der Waals surface area contributed by atoms with Crippen LogP contribution in [-0.4, -0.2) is 21.6 Å². The zero-order chi connectivity index (χ0) is 13.9. The van der Waals surface area contributed by atoms with Crippen LogP contribution in [0.25, 0.3) is 0 Å². The van der Waals surface area contributed by atoms with E-state index in [0.717, 1.165) is 5.06 Å². The molecule has 0 radical (unpaired) electrons. The molecule has 0 amide bonds. The molecule has 8 heteroatoms. The third-order valence-corrected chi connectivity index (χ3v) is 3.22. The first-order chi connectivity index (χ1) is 8.38. The lowest BCUT2D eigenvalue weighted by molar-refractivity contribution is 0.0988. The van der Waals surface area contributed by atoms with Gasteiger partial charge in [-0.3, -0.25) is 9.35 Å². The van der Waals surface area contributed by atoms with Crippen LogP contribution < -0.4 is 5.06 Å². The minimum atomic E-state index is -2.51. The van der Waals surface area contributed by atoms with Crippen molar-refractivity contribution in [2.24, 2.45) is 0 Å². The van der Waals surface area contributed by atoms with E-state index in [0.29, 0.717) is 0 Å². The highest BCUT2D eigenvalue weighted by Gasteiger charge is 2.19. The minimum Gasteiger partial charge on any atom is -0.294 e. The molecule has 0 fully saturated rings. The zero-order valence-electron chi connectivity index (χ0n) is 9.65. The molecular weight excluding hydrogens is 301 g/mol. The fourth-order valence-electron chi connectivity index (χ4n) is 1.37. The number of anilines is 1. The average molecular weight is 312 g/mol. The van der Waals surface area contributed by atoms with Crippen LogP contribution in [0.15, 0.2) is 12.1 Å². The third-order valence-electron chi connectivity index (χ3n) is 2.18. The van der Waals surface area contributed by atoms with Gasteiger partial charge in [-0.15, -0.1) is 4.28 Å². The van der Waals surface area contributed by atoms with E-state index < -0.39 is 11.4 Å². The van der Waals surface area contributed by atoms with Gasteiger partial charge in [0.25, 0.3) is 0 Å². The number of rotatable bonds is 5. The van der Waals surface area contributed by atoms with E-state index in [1.807, 2.05) is 0 Å². The van der Waals surface area contributed by atoms with E-state index in [9.17, 15) is 9.00 Å². The second-order valence-electron chi connectivity index (χ2n) is 3.32. The van der Waals surface area contributed by atoms with Gasteiger partial charge in [-0.1, -0.05) is 30.1 Å². The molecule has 1 aromatic rings. The van der Waals surface area contributed by atoms with Gasteiger partial charge in [0.15, 0.2) is 5.78 Å². The average Bonchev–Trinajstić information content (AvgIpc) is 2.27. The van der Waals surface area contributed by atoms with Crippen LogP contribution in [0.5, 0.6) is 0 Å². The number of halogens is 2. The van der Waals surface area contributed by atoms with Crippen molar-refractivity contribution in [1.82, 2.24) is 0 Å². The molecule has 0 heterocycles. The summed E-state index contributed by atoms with van der Waals surface area (Å²) in [6.07, 6.45) is 0.289. The molecule has 18 heavy (non-hydrogen) atoms. The van der Waals surface area contributed by atoms with E-state index in [4.69, 9.17) is 27.8 Å². The molecule has 1 unspecified atom stereocenters. The van der Waals surface area contributed by atoms with Gasteiger partial charge in [0.2, 0.25) is 0 Å². The van der Waals surface area contributed by atoms with Crippen LogP contribution in [0.4, 0.5) is 5.69 Å². The quantitative estimate of drug-likeness (QED) is 0.514. The number of hydroxylamine groups is 1. The lowest BCUT2D eigenvalue weighted by Crippen LogP contribution is -2.20. The first kappa shape index (κ1) is 15.4. The molecular formula is C10H11Cl2NO4S. The Labute approximate surface area is 117 Å². The highest BCUT2D eigenvalue weighted by molar-refractivity contribution is 7.74. The molecule has 0 saturated carbocycles. The van der Waals surface area contributed by atoms with Crippen molar-refractivity contribution in [3.8, 4) is 0 Å². The third kappa shape index (κ3) is 3.43. The van der Waals surface area contributed by atoms with Gasteiger partial charge in [0, 0.05) is 19.0 Å². The molecule has 100 valence electrons. The van der Waals surface area contributed by atoms with Crippen molar-refractivity contribution in [2.75, 3.05) is 12.1 Å². The SMILES string of the molecule is CCC(=O)c1ccc(Cl)c(N(C)OS(=O)O)c1Cl. The normalized spacial score (nSPS) is 12.3. The van der Waals surface area contributed by atoms with Crippen molar-refractivity contribution < 1.29 is 17.8 Å². The summed E-state index contributed by atoms with van der Waals surface area (Å²) in [7, 11) is 1.36. The maximum absolute atomic E-state index is 11.6. The summed E-state index contributed by atoms with van der Waals surface area (Å²) in [5, 5.41) is 1.25. The molecule has 0 spiro atoms. The summed E-state index contributed by atoms with van der Waals surface area (Å²) in [4.78, 5) is 11.6. The number of hydrogen-bond donors (Lipinski definition) is 1. The standard InChI is InChI=1S/C10H11Cl2NO4S/c1-3-8(14)6-4-5-7(11)10(9(6)12)13(2)17-18(15)16/h4-5H,3H2,1-2H3,(H,15,16). The van der Waals surface area contributed by atoms with Gasteiger partial charge in [-0.25, -0.2) is 5.06 Å². The van der Waals surface area contributed by atoms with E-state index in [-0.39, 0.29) is 33.5 Å². The molecule has 1 atom stereocenters. The van der Waals surface area contributed by atoms with Crippen LogP contribution in [0.1, 0.15) is 23.7 Å². The van der Waals surface area contributed by atoms with Crippen molar-refractivity contribution >= 4 is 46.0 Å². The Morgan fingerprint density at radius 3 is 2.61 bits per heavy atom. The van der Waals surface area contributed by atoms with Crippen LogP contribution in [0.2, 0.25) is 10.0 Å². The summed E-state index contributed by atoms with van der Waals surface area (Å²) in [6, 6.07) is 2.98. The summed E-state index contributed by atoms with van der Waals surface area (Å²) in [6.45, 7) is 1.70. The van der Waals surface area contributed by atoms with E-state index in [2.05, 4.69) is 4.28 Å². The Hall–Kier alpha value is -0.660. The molecule has 0 aliphatic carbocycles. The topological polar surface area (TPSA) is 66.8 Å². The highest BCUT2D eigenvalue weighted by atomic mass is 35.5. The summed E-state index contributed by atoms with van der Waals surface area (Å²) in [5.74, 6) is -0.156. The second kappa shape index (κ2) is 6.49. The minimum absolute atomic E-state index is 0.0855. The monoisotopic (exact) mass is 311 g/mol. The van der Waals surface area contributed by atoms with Crippen molar-refractivity contribution in [3.63, 3.8) is 0 Å². The molecule has 0 aromatic heterocycles. The van der Waals surface area contributed by atoms with Gasteiger partial charge < -0.3 is 0 Å². The fraction of sp³-hybridized carbons (Fsp3) is 0.300. The fourth-order valence-corrected chi connectivity index (χ4v) is 2.35. The van der Waals surface area contributed by atoms with E-state index in [1.54, 1.807) is 6.92 Å². The molecule has 0 bridgehead atoms. The molecule has 0 aliphatic heterocycles. The largest absolute Gasteiger partial charge is 0.325 e. The van der Waals surface area contributed by atoms with Crippen molar-refractivity contribution in [3.05, 3.63) is 27.7 Å². The molecule has 1 N–H and O–H groups in total. The predicted molar refractivity (Wildman–Crippen MR) is 71.3 cm³/mol. The first-order valence-corrected chi connectivity index (χ1v) is 6.71. The Morgan fingerprint density at radius 2 is 2.11 bits per heavy atom. The summed E-state index contributed by atoms with van der Waals surface area (Å²) in [5.41, 5.74) is 0.456. The number of nitrogens with zero attached hydrogens (tertiary/aromatic N) is 1. The molecule has 1 rings (SSSR count). The maximum atomic E-state index is 11.6. The number of Topliss-reactive ketones (excluding diaryl/α,β-unsaturated/α-hetero) is 1. The number of benzene rings is 1. The van der Waals surface area contributed by atoms with Gasteiger partial charge in [-0.2, -0.15) is 4.21 Å². The predicted octanol–water partition coefficient (Wildman–Crippen LogP) is 3.09. The lowest BCUT2D eigenvalue weighted by Gasteiger charge is -2.19. The molecule has 0 aliphatic rings. The molecule has 5 nitrogen and oxygen atoms in total. The van der Waals surface area contributed by atoms with Crippen molar-refractivity contribution in [1.29, 1.82) is 0 Å². The number of hydrogen-bond acceptors (Lipinski definition) is 4. The Bertz CT molecular complexity index is 495. The van der Waals surface area contributed by atoms with E-state index >= 15 is 0 Å². The second-order valence-corrected chi connectivity index (χ2v) is 4.69. The van der Waals surface area contributed by atoms with Gasteiger partial charge in [0.05, 0.1) is 10.0 Å².